The quantitative estimate of drug-likeness (QED) is 0.853. The molecular formula is C15H18N2O3S. The van der Waals surface area contributed by atoms with Crippen LogP contribution in [0.4, 0.5) is 5.13 Å². The molecule has 0 spiro atoms. The molecule has 0 saturated heterocycles. The molecule has 112 valence electrons. The maximum Gasteiger partial charge on any atom is 0.316 e. The van der Waals surface area contributed by atoms with Crippen LogP contribution in [0.25, 0.3) is 10.2 Å². The van der Waals surface area contributed by atoms with Gasteiger partial charge in [0.2, 0.25) is 5.91 Å². The first kappa shape index (κ1) is 15.4. The lowest BCUT2D eigenvalue weighted by molar-refractivity contribution is -0.149. The van der Waals surface area contributed by atoms with E-state index < -0.39 is 23.2 Å². The molecule has 1 aromatic heterocycles. The number of anilines is 1. The van der Waals surface area contributed by atoms with Gasteiger partial charge >= 0.3 is 5.97 Å². The van der Waals surface area contributed by atoms with Crippen LogP contribution in [0.5, 0.6) is 0 Å². The SMILES string of the molecule is Cc1ccc2nc(NC(=O)C(C(=O)O)C(C)(C)C)sc2c1. The largest absolute Gasteiger partial charge is 0.481 e. The molecule has 0 radical (unpaired) electrons. The molecule has 5 nitrogen and oxygen atoms in total. The summed E-state index contributed by atoms with van der Waals surface area (Å²) in [5.74, 6) is -2.78. The number of carbonyl (C=O) groups is 2. The summed E-state index contributed by atoms with van der Waals surface area (Å²) in [7, 11) is 0. The Kier molecular flexibility index (Phi) is 4.00. The van der Waals surface area contributed by atoms with Crippen molar-refractivity contribution in [3.63, 3.8) is 0 Å². The topological polar surface area (TPSA) is 79.3 Å². The van der Waals surface area contributed by atoms with Gasteiger partial charge in [-0.3, -0.25) is 9.59 Å². The Bertz CT molecular complexity index is 700. The molecular weight excluding hydrogens is 288 g/mol. The van der Waals surface area contributed by atoms with Crippen LogP contribution in [0.1, 0.15) is 26.3 Å². The van der Waals surface area contributed by atoms with E-state index in [1.54, 1.807) is 20.8 Å². The van der Waals surface area contributed by atoms with Crippen molar-refractivity contribution in [2.75, 3.05) is 5.32 Å². The number of hydrogen-bond donors (Lipinski definition) is 2. The number of carboxylic acids is 1. The maximum absolute atomic E-state index is 12.2. The zero-order chi connectivity index (χ0) is 15.8. The van der Waals surface area contributed by atoms with E-state index in [-0.39, 0.29) is 0 Å². The molecule has 2 aromatic rings. The summed E-state index contributed by atoms with van der Waals surface area (Å²) >= 11 is 1.34. The number of aryl methyl sites for hydroxylation is 1. The zero-order valence-electron chi connectivity index (χ0n) is 12.4. The highest BCUT2D eigenvalue weighted by Crippen LogP contribution is 2.30. The number of aliphatic carboxylic acids is 1. The third-order valence-electron chi connectivity index (χ3n) is 3.15. The Morgan fingerprint density at radius 1 is 1.33 bits per heavy atom. The molecule has 0 saturated carbocycles. The molecule has 2 rings (SSSR count). The molecule has 1 heterocycles. The number of carbonyl (C=O) groups excluding carboxylic acids is 1. The van der Waals surface area contributed by atoms with Gasteiger partial charge in [-0.1, -0.05) is 38.2 Å². The number of nitrogens with zero attached hydrogens (tertiary/aromatic N) is 1. The van der Waals surface area contributed by atoms with Crippen molar-refractivity contribution in [2.45, 2.75) is 27.7 Å². The Morgan fingerprint density at radius 2 is 2.00 bits per heavy atom. The molecule has 1 amide bonds. The van der Waals surface area contributed by atoms with Crippen molar-refractivity contribution < 1.29 is 14.7 Å². The number of carboxylic acid groups (broad SMARTS) is 1. The van der Waals surface area contributed by atoms with Gasteiger partial charge in [0.1, 0.15) is 5.92 Å². The van der Waals surface area contributed by atoms with Gasteiger partial charge in [-0.25, -0.2) is 4.98 Å². The van der Waals surface area contributed by atoms with Crippen LogP contribution >= 0.6 is 11.3 Å². The van der Waals surface area contributed by atoms with Crippen LogP contribution in [0.15, 0.2) is 18.2 Å². The number of amides is 1. The van der Waals surface area contributed by atoms with Crippen molar-refractivity contribution >= 4 is 38.6 Å². The van der Waals surface area contributed by atoms with Gasteiger partial charge < -0.3 is 10.4 Å². The molecule has 1 atom stereocenters. The first-order chi connectivity index (χ1) is 9.68. The molecule has 1 aromatic carbocycles. The van der Waals surface area contributed by atoms with Gasteiger partial charge in [0.05, 0.1) is 10.2 Å². The van der Waals surface area contributed by atoms with Crippen molar-refractivity contribution in [3.8, 4) is 0 Å². The van der Waals surface area contributed by atoms with Crippen LogP contribution in [0.3, 0.4) is 0 Å². The van der Waals surface area contributed by atoms with Crippen molar-refractivity contribution in [2.24, 2.45) is 11.3 Å². The third-order valence-corrected chi connectivity index (χ3v) is 4.08. The molecule has 0 aliphatic heterocycles. The average molecular weight is 306 g/mol. The minimum Gasteiger partial charge on any atom is -0.481 e. The standard InChI is InChI=1S/C15H18N2O3S/c1-8-5-6-9-10(7-8)21-14(16-9)17-12(18)11(13(19)20)15(2,3)4/h5-7,11H,1-4H3,(H,19,20)(H,16,17,18). The van der Waals surface area contributed by atoms with Crippen molar-refractivity contribution in [3.05, 3.63) is 23.8 Å². The van der Waals surface area contributed by atoms with Crippen molar-refractivity contribution in [1.29, 1.82) is 0 Å². The fourth-order valence-electron chi connectivity index (χ4n) is 2.14. The second-order valence-electron chi connectivity index (χ2n) is 6.12. The number of aromatic nitrogens is 1. The number of benzene rings is 1. The zero-order valence-corrected chi connectivity index (χ0v) is 13.2. The summed E-state index contributed by atoms with van der Waals surface area (Å²) in [6, 6.07) is 5.82. The third kappa shape index (κ3) is 3.39. The Labute approximate surface area is 127 Å². The lowest BCUT2D eigenvalue weighted by Crippen LogP contribution is -2.39. The highest BCUT2D eigenvalue weighted by Gasteiger charge is 2.38. The fourth-order valence-corrected chi connectivity index (χ4v) is 3.11. The van der Waals surface area contributed by atoms with E-state index in [4.69, 9.17) is 0 Å². The molecule has 6 heteroatoms. The summed E-state index contributed by atoms with van der Waals surface area (Å²) in [4.78, 5) is 27.8. The van der Waals surface area contributed by atoms with Gasteiger partial charge in [0.25, 0.3) is 0 Å². The van der Waals surface area contributed by atoms with E-state index in [1.165, 1.54) is 11.3 Å². The van der Waals surface area contributed by atoms with Gasteiger partial charge in [-0.05, 0) is 30.0 Å². The summed E-state index contributed by atoms with van der Waals surface area (Å²) in [5, 5.41) is 12.3. The maximum atomic E-state index is 12.2. The number of hydrogen-bond acceptors (Lipinski definition) is 4. The smallest absolute Gasteiger partial charge is 0.316 e. The van der Waals surface area contributed by atoms with E-state index in [0.29, 0.717) is 5.13 Å². The predicted octanol–water partition coefficient (Wildman–Crippen LogP) is 3.29. The van der Waals surface area contributed by atoms with Crippen LogP contribution < -0.4 is 5.32 Å². The molecule has 2 N–H and O–H groups in total. The van der Waals surface area contributed by atoms with Crippen LogP contribution in [0, 0.1) is 18.3 Å². The number of fused-ring (bicyclic) bond motifs is 1. The normalized spacial score (nSPS) is 13.1. The summed E-state index contributed by atoms with van der Waals surface area (Å²) in [6.45, 7) is 7.17. The lowest BCUT2D eigenvalue weighted by atomic mass is 9.80. The first-order valence-corrected chi connectivity index (χ1v) is 7.41. The van der Waals surface area contributed by atoms with Crippen LogP contribution in [0.2, 0.25) is 0 Å². The predicted molar refractivity (Wildman–Crippen MR) is 83.6 cm³/mol. The molecule has 0 bridgehead atoms. The Morgan fingerprint density at radius 3 is 2.57 bits per heavy atom. The fraction of sp³-hybridized carbons (Fsp3) is 0.400. The van der Waals surface area contributed by atoms with E-state index in [9.17, 15) is 14.7 Å². The van der Waals surface area contributed by atoms with Gasteiger partial charge in [0.15, 0.2) is 5.13 Å². The minimum absolute atomic E-state index is 0.427. The highest BCUT2D eigenvalue weighted by molar-refractivity contribution is 7.22. The van der Waals surface area contributed by atoms with E-state index in [2.05, 4.69) is 10.3 Å². The molecule has 0 aliphatic rings. The molecule has 0 aliphatic carbocycles. The average Bonchev–Trinajstić information content (AvgIpc) is 2.67. The van der Waals surface area contributed by atoms with Crippen molar-refractivity contribution in [1.82, 2.24) is 4.98 Å². The summed E-state index contributed by atoms with van der Waals surface area (Å²) in [6.07, 6.45) is 0. The summed E-state index contributed by atoms with van der Waals surface area (Å²) < 4.78 is 0.966. The second-order valence-corrected chi connectivity index (χ2v) is 7.15. The van der Waals surface area contributed by atoms with Gasteiger partial charge in [-0.15, -0.1) is 0 Å². The summed E-state index contributed by atoms with van der Waals surface area (Å²) in [5.41, 5.74) is 1.24. The van der Waals surface area contributed by atoms with E-state index >= 15 is 0 Å². The first-order valence-electron chi connectivity index (χ1n) is 6.59. The van der Waals surface area contributed by atoms with Crippen LogP contribution in [-0.4, -0.2) is 22.0 Å². The number of nitrogens with one attached hydrogen (secondary N) is 1. The minimum atomic E-state index is -1.13. The highest BCUT2D eigenvalue weighted by atomic mass is 32.1. The van der Waals surface area contributed by atoms with E-state index in [0.717, 1.165) is 15.8 Å². The monoisotopic (exact) mass is 306 g/mol. The van der Waals surface area contributed by atoms with Gasteiger partial charge in [0, 0.05) is 0 Å². The lowest BCUT2D eigenvalue weighted by Gasteiger charge is -2.25. The Balaban J connectivity index is 2.26. The Hall–Kier alpha value is -1.95. The van der Waals surface area contributed by atoms with E-state index in [1.807, 2.05) is 25.1 Å². The number of thiazole rings is 1. The van der Waals surface area contributed by atoms with Gasteiger partial charge in [-0.2, -0.15) is 0 Å². The molecule has 21 heavy (non-hydrogen) atoms. The molecule has 0 fully saturated rings. The number of rotatable bonds is 3. The van der Waals surface area contributed by atoms with Crippen LogP contribution in [-0.2, 0) is 9.59 Å². The molecule has 1 unspecified atom stereocenters. The second kappa shape index (κ2) is 5.44.